The van der Waals surface area contributed by atoms with Gasteiger partial charge in [-0.1, -0.05) is 19.3 Å². The maximum absolute atomic E-state index is 13.0. The van der Waals surface area contributed by atoms with Crippen LogP contribution in [-0.4, -0.2) is 55.1 Å². The second kappa shape index (κ2) is 10.1. The largest absolute Gasteiger partial charge is 0.376 e. The van der Waals surface area contributed by atoms with Crippen LogP contribution in [0.3, 0.4) is 0 Å². The van der Waals surface area contributed by atoms with Crippen LogP contribution in [0.1, 0.15) is 58.8 Å². The Balaban J connectivity index is 1.93. The lowest BCUT2D eigenvalue weighted by atomic mass is 9.90. The van der Waals surface area contributed by atoms with Crippen LogP contribution >= 0.6 is 0 Å². The Morgan fingerprint density at radius 2 is 1.84 bits per heavy atom. The molecule has 2 aliphatic rings. The van der Waals surface area contributed by atoms with E-state index >= 15 is 0 Å². The van der Waals surface area contributed by atoms with E-state index in [0.717, 1.165) is 19.4 Å². The minimum atomic E-state index is -0.613. The third-order valence-corrected chi connectivity index (χ3v) is 5.58. The van der Waals surface area contributed by atoms with Crippen molar-refractivity contribution in [3.05, 3.63) is 0 Å². The highest BCUT2D eigenvalue weighted by Crippen LogP contribution is 2.24. The van der Waals surface area contributed by atoms with Crippen molar-refractivity contribution in [1.82, 2.24) is 10.2 Å². The predicted molar refractivity (Wildman–Crippen MR) is 98.0 cm³/mol. The van der Waals surface area contributed by atoms with Gasteiger partial charge in [0.05, 0.1) is 6.10 Å². The molecule has 3 N–H and O–H groups in total. The standard InChI is InChI=1S/C19H35N3O3/c1-14(25-13-16-7-4-3-5-8-16)18(21-15(2)23)19(24)22-10-6-9-17(11-20)12-22/h14,16-18H,3-13,20H2,1-2H3,(H,21,23). The number of carbonyl (C=O) groups is 2. The van der Waals surface area contributed by atoms with Gasteiger partial charge >= 0.3 is 0 Å². The van der Waals surface area contributed by atoms with Crippen LogP contribution in [-0.2, 0) is 14.3 Å². The number of ether oxygens (including phenoxy) is 1. The van der Waals surface area contributed by atoms with Crippen LogP contribution in [0, 0.1) is 11.8 Å². The van der Waals surface area contributed by atoms with E-state index < -0.39 is 6.04 Å². The number of likely N-dealkylation sites (tertiary alicyclic amines) is 1. The van der Waals surface area contributed by atoms with E-state index in [1.54, 1.807) is 0 Å². The average Bonchev–Trinajstić information content (AvgIpc) is 2.64. The van der Waals surface area contributed by atoms with Crippen molar-refractivity contribution < 1.29 is 14.3 Å². The molecule has 25 heavy (non-hydrogen) atoms. The van der Waals surface area contributed by atoms with Crippen molar-refractivity contribution in [1.29, 1.82) is 0 Å². The summed E-state index contributed by atoms with van der Waals surface area (Å²) >= 11 is 0. The molecule has 144 valence electrons. The Morgan fingerprint density at radius 3 is 2.48 bits per heavy atom. The van der Waals surface area contributed by atoms with E-state index in [2.05, 4.69) is 5.32 Å². The SMILES string of the molecule is CC(=O)NC(C(=O)N1CCCC(CN)C1)C(C)OCC1CCCCC1. The third kappa shape index (κ3) is 6.26. The van der Waals surface area contributed by atoms with E-state index in [-0.39, 0.29) is 17.9 Å². The van der Waals surface area contributed by atoms with Gasteiger partial charge in [0.2, 0.25) is 11.8 Å². The summed E-state index contributed by atoms with van der Waals surface area (Å²) in [7, 11) is 0. The number of rotatable bonds is 7. The molecule has 1 saturated heterocycles. The second-order valence-electron chi connectivity index (χ2n) is 7.75. The molecule has 6 heteroatoms. The topological polar surface area (TPSA) is 84.7 Å². The summed E-state index contributed by atoms with van der Waals surface area (Å²) in [5, 5.41) is 2.81. The summed E-state index contributed by atoms with van der Waals surface area (Å²) in [6.07, 6.45) is 7.98. The fourth-order valence-electron chi connectivity index (χ4n) is 3.99. The molecule has 6 nitrogen and oxygen atoms in total. The van der Waals surface area contributed by atoms with Crippen LogP contribution in [0.4, 0.5) is 0 Å². The van der Waals surface area contributed by atoms with Crippen molar-refractivity contribution in [3.8, 4) is 0 Å². The molecule has 0 aromatic rings. The summed E-state index contributed by atoms with van der Waals surface area (Å²) in [4.78, 5) is 26.4. The van der Waals surface area contributed by atoms with Gasteiger partial charge in [-0.3, -0.25) is 9.59 Å². The van der Waals surface area contributed by atoms with E-state index in [1.807, 2.05) is 11.8 Å². The molecule has 0 spiro atoms. The molecule has 2 rings (SSSR count). The van der Waals surface area contributed by atoms with Crippen molar-refractivity contribution in [2.75, 3.05) is 26.2 Å². The van der Waals surface area contributed by atoms with E-state index in [0.29, 0.717) is 31.5 Å². The maximum atomic E-state index is 13.0. The zero-order valence-electron chi connectivity index (χ0n) is 15.8. The Hall–Kier alpha value is -1.14. The van der Waals surface area contributed by atoms with Gasteiger partial charge in [0.15, 0.2) is 0 Å². The van der Waals surface area contributed by atoms with Crippen molar-refractivity contribution in [2.45, 2.75) is 70.9 Å². The summed E-state index contributed by atoms with van der Waals surface area (Å²) in [5.41, 5.74) is 5.78. The summed E-state index contributed by atoms with van der Waals surface area (Å²) in [5.74, 6) is 0.707. The molecule has 1 aliphatic heterocycles. The van der Waals surface area contributed by atoms with Crippen LogP contribution in [0.25, 0.3) is 0 Å². The van der Waals surface area contributed by atoms with E-state index in [9.17, 15) is 9.59 Å². The normalized spacial score (nSPS) is 24.6. The summed E-state index contributed by atoms with van der Waals surface area (Å²) < 4.78 is 6.02. The van der Waals surface area contributed by atoms with Crippen LogP contribution in [0.5, 0.6) is 0 Å². The maximum Gasteiger partial charge on any atom is 0.247 e. The number of carbonyl (C=O) groups excluding carboxylic acids is 2. The molecule has 3 unspecified atom stereocenters. The Bertz CT molecular complexity index is 438. The molecule has 0 aromatic carbocycles. The van der Waals surface area contributed by atoms with Crippen LogP contribution in [0.15, 0.2) is 0 Å². The Kier molecular flexibility index (Phi) is 8.16. The zero-order valence-corrected chi connectivity index (χ0v) is 15.8. The Labute approximate surface area is 151 Å². The van der Waals surface area contributed by atoms with Gasteiger partial charge in [-0.05, 0) is 51.0 Å². The smallest absolute Gasteiger partial charge is 0.247 e. The number of nitrogens with one attached hydrogen (secondary N) is 1. The van der Waals surface area contributed by atoms with Crippen LogP contribution in [0.2, 0.25) is 0 Å². The van der Waals surface area contributed by atoms with Gasteiger partial charge in [-0.15, -0.1) is 0 Å². The molecule has 1 saturated carbocycles. The Morgan fingerprint density at radius 1 is 1.16 bits per heavy atom. The molecule has 0 radical (unpaired) electrons. The first-order valence-corrected chi connectivity index (χ1v) is 9.88. The second-order valence-corrected chi connectivity index (χ2v) is 7.75. The number of hydrogen-bond acceptors (Lipinski definition) is 4. The fourth-order valence-corrected chi connectivity index (χ4v) is 3.99. The van der Waals surface area contributed by atoms with Gasteiger partial charge in [0, 0.05) is 26.6 Å². The minimum absolute atomic E-state index is 0.0375. The van der Waals surface area contributed by atoms with Gasteiger partial charge in [0.25, 0.3) is 0 Å². The lowest BCUT2D eigenvalue weighted by Crippen LogP contribution is -2.56. The predicted octanol–water partition coefficient (Wildman–Crippen LogP) is 1.67. The van der Waals surface area contributed by atoms with Crippen molar-refractivity contribution >= 4 is 11.8 Å². The number of piperidine rings is 1. The average molecular weight is 354 g/mol. The van der Waals surface area contributed by atoms with Crippen molar-refractivity contribution in [3.63, 3.8) is 0 Å². The quantitative estimate of drug-likeness (QED) is 0.729. The lowest BCUT2D eigenvalue weighted by Gasteiger charge is -2.36. The van der Waals surface area contributed by atoms with Gasteiger partial charge in [-0.2, -0.15) is 0 Å². The highest BCUT2D eigenvalue weighted by Gasteiger charge is 2.33. The highest BCUT2D eigenvalue weighted by molar-refractivity contribution is 5.87. The van der Waals surface area contributed by atoms with Gasteiger partial charge in [0.1, 0.15) is 6.04 Å². The number of nitrogens with zero attached hydrogens (tertiary/aromatic N) is 1. The molecule has 3 atom stereocenters. The first-order chi connectivity index (χ1) is 12.0. The van der Waals surface area contributed by atoms with E-state index in [4.69, 9.17) is 10.5 Å². The lowest BCUT2D eigenvalue weighted by molar-refractivity contribution is -0.142. The van der Waals surface area contributed by atoms with E-state index in [1.165, 1.54) is 39.0 Å². The molecule has 0 aromatic heterocycles. The van der Waals surface area contributed by atoms with Gasteiger partial charge in [-0.25, -0.2) is 0 Å². The molecule has 1 heterocycles. The third-order valence-electron chi connectivity index (χ3n) is 5.58. The summed E-state index contributed by atoms with van der Waals surface area (Å²) in [6.45, 7) is 6.04. The number of nitrogens with two attached hydrogens (primary N) is 1. The number of amides is 2. The first kappa shape index (κ1) is 20.2. The van der Waals surface area contributed by atoms with Gasteiger partial charge < -0.3 is 20.7 Å². The minimum Gasteiger partial charge on any atom is -0.376 e. The molecule has 2 fully saturated rings. The highest BCUT2D eigenvalue weighted by atomic mass is 16.5. The molecule has 1 aliphatic carbocycles. The molecular weight excluding hydrogens is 318 g/mol. The monoisotopic (exact) mass is 353 g/mol. The fraction of sp³-hybridized carbons (Fsp3) is 0.895. The molecule has 0 bridgehead atoms. The number of hydrogen-bond donors (Lipinski definition) is 2. The first-order valence-electron chi connectivity index (χ1n) is 9.88. The van der Waals surface area contributed by atoms with Crippen molar-refractivity contribution in [2.24, 2.45) is 17.6 Å². The summed E-state index contributed by atoms with van der Waals surface area (Å²) in [6, 6.07) is -0.613. The van der Waals surface area contributed by atoms with Crippen LogP contribution < -0.4 is 11.1 Å². The molecular formula is C19H35N3O3. The molecule has 2 amide bonds. The zero-order chi connectivity index (χ0) is 18.2.